The van der Waals surface area contributed by atoms with Crippen molar-refractivity contribution >= 4 is 21.2 Å². The van der Waals surface area contributed by atoms with Gasteiger partial charge in [-0.1, -0.05) is 0 Å². The third-order valence-corrected chi connectivity index (χ3v) is 4.62. The fraction of sp³-hybridized carbons (Fsp3) is 0.455. The first-order valence-corrected chi connectivity index (χ1v) is 7.43. The Labute approximate surface area is 108 Å². The van der Waals surface area contributed by atoms with Crippen molar-refractivity contribution in [3.8, 4) is 0 Å². The minimum Gasteiger partial charge on any atom is -0.399 e. The molecule has 1 aromatic carbocycles. The lowest BCUT2D eigenvalue weighted by atomic mass is 10.1. The van der Waals surface area contributed by atoms with Gasteiger partial charge in [0.1, 0.15) is 0 Å². The van der Waals surface area contributed by atoms with E-state index in [0.29, 0.717) is 0 Å². The van der Waals surface area contributed by atoms with Crippen molar-refractivity contribution in [3.63, 3.8) is 0 Å². The molecule has 1 saturated heterocycles. The molecular weight excluding hydrogens is 281 g/mol. The maximum Gasteiger partial charge on any atom is 0.418 e. The molecule has 0 atom stereocenters. The molecule has 2 N–H and O–H groups in total. The van der Waals surface area contributed by atoms with Crippen LogP contribution in [-0.4, -0.2) is 33.0 Å². The van der Waals surface area contributed by atoms with Crippen LogP contribution in [0.15, 0.2) is 18.2 Å². The Balaban J connectivity index is 2.37. The van der Waals surface area contributed by atoms with Gasteiger partial charge in [-0.3, -0.25) is 0 Å². The van der Waals surface area contributed by atoms with Crippen LogP contribution in [0.4, 0.5) is 24.5 Å². The van der Waals surface area contributed by atoms with E-state index in [4.69, 9.17) is 5.73 Å². The second kappa shape index (κ2) is 4.59. The number of nitrogen functional groups attached to an aromatic ring is 1. The molecule has 19 heavy (non-hydrogen) atoms. The molecule has 0 saturated carbocycles. The van der Waals surface area contributed by atoms with Crippen LogP contribution in [0.1, 0.15) is 5.56 Å². The van der Waals surface area contributed by atoms with Crippen LogP contribution in [0, 0.1) is 0 Å². The van der Waals surface area contributed by atoms with Crippen LogP contribution >= 0.6 is 0 Å². The number of nitrogens with zero attached hydrogens (tertiary/aromatic N) is 1. The van der Waals surface area contributed by atoms with Gasteiger partial charge in [0.2, 0.25) is 0 Å². The molecule has 0 radical (unpaired) electrons. The molecule has 0 spiro atoms. The van der Waals surface area contributed by atoms with Crippen molar-refractivity contribution in [3.05, 3.63) is 23.8 Å². The average molecular weight is 294 g/mol. The van der Waals surface area contributed by atoms with E-state index in [1.165, 1.54) is 17.0 Å². The zero-order valence-corrected chi connectivity index (χ0v) is 10.8. The van der Waals surface area contributed by atoms with E-state index in [1.807, 2.05) is 0 Å². The predicted molar refractivity (Wildman–Crippen MR) is 66.7 cm³/mol. The lowest BCUT2D eigenvalue weighted by Gasteiger charge is -2.31. The van der Waals surface area contributed by atoms with Gasteiger partial charge >= 0.3 is 6.18 Å². The lowest BCUT2D eigenvalue weighted by Crippen LogP contribution is -2.41. The molecule has 0 amide bonds. The highest BCUT2D eigenvalue weighted by molar-refractivity contribution is 7.91. The average Bonchev–Trinajstić information content (AvgIpc) is 2.27. The van der Waals surface area contributed by atoms with Crippen molar-refractivity contribution in [2.75, 3.05) is 35.2 Å². The number of anilines is 2. The number of sulfone groups is 1. The molecule has 0 unspecified atom stereocenters. The fourth-order valence-corrected chi connectivity index (χ4v) is 3.20. The van der Waals surface area contributed by atoms with Crippen molar-refractivity contribution in [1.29, 1.82) is 0 Å². The summed E-state index contributed by atoms with van der Waals surface area (Å²) in [5.74, 6) is -0.280. The number of hydrogen-bond acceptors (Lipinski definition) is 4. The number of halogens is 3. The summed E-state index contributed by atoms with van der Waals surface area (Å²) in [6.45, 7) is 0.101. The van der Waals surface area contributed by atoms with Crippen molar-refractivity contribution in [2.24, 2.45) is 0 Å². The molecule has 106 valence electrons. The first kappa shape index (κ1) is 14.0. The Bertz CT molecular complexity index is 570. The number of hydrogen-bond donors (Lipinski definition) is 1. The van der Waals surface area contributed by atoms with Crippen LogP contribution in [0.3, 0.4) is 0 Å². The number of alkyl halides is 3. The summed E-state index contributed by atoms with van der Waals surface area (Å²) in [6, 6.07) is 3.35. The van der Waals surface area contributed by atoms with Crippen molar-refractivity contribution in [2.45, 2.75) is 6.18 Å². The molecule has 0 aromatic heterocycles. The van der Waals surface area contributed by atoms with E-state index in [9.17, 15) is 21.6 Å². The first-order valence-electron chi connectivity index (χ1n) is 5.61. The highest BCUT2D eigenvalue weighted by atomic mass is 32.2. The standard InChI is InChI=1S/C11H13F3N2O2S/c12-11(13,14)9-2-1-8(15)7-10(9)16-3-5-19(17,18)6-4-16/h1-2,7H,3-6,15H2. The molecule has 0 aliphatic carbocycles. The summed E-state index contributed by atoms with van der Waals surface area (Å²) in [6.07, 6.45) is -4.49. The second-order valence-corrected chi connectivity index (χ2v) is 6.72. The molecular formula is C11H13F3N2O2S. The predicted octanol–water partition coefficient (Wildman–Crippen LogP) is 1.52. The van der Waals surface area contributed by atoms with Gasteiger partial charge in [0, 0.05) is 18.8 Å². The Morgan fingerprint density at radius 2 is 1.74 bits per heavy atom. The maximum absolute atomic E-state index is 12.9. The number of benzene rings is 1. The molecule has 2 rings (SSSR count). The minimum atomic E-state index is -4.49. The summed E-state index contributed by atoms with van der Waals surface area (Å²) < 4.78 is 61.3. The first-order chi connectivity index (χ1) is 8.69. The quantitative estimate of drug-likeness (QED) is 0.798. The van der Waals surface area contributed by atoms with Gasteiger partial charge in [0.05, 0.1) is 22.8 Å². The topological polar surface area (TPSA) is 63.4 Å². The Morgan fingerprint density at radius 3 is 2.26 bits per heavy atom. The van der Waals surface area contributed by atoms with Crippen molar-refractivity contribution < 1.29 is 21.6 Å². The van der Waals surface area contributed by atoms with Gasteiger partial charge in [-0.2, -0.15) is 13.2 Å². The van der Waals surface area contributed by atoms with E-state index >= 15 is 0 Å². The summed E-state index contributed by atoms with van der Waals surface area (Å²) in [4.78, 5) is 1.42. The number of rotatable bonds is 1. The Kier molecular flexibility index (Phi) is 3.38. The second-order valence-electron chi connectivity index (χ2n) is 4.41. The third kappa shape index (κ3) is 3.12. The molecule has 1 fully saturated rings. The molecule has 8 heteroatoms. The van der Waals surface area contributed by atoms with Crippen molar-refractivity contribution in [1.82, 2.24) is 0 Å². The molecule has 0 bridgehead atoms. The minimum absolute atomic E-state index is 0.0505. The molecule has 1 aliphatic heterocycles. The van der Waals surface area contributed by atoms with Gasteiger partial charge in [0.25, 0.3) is 0 Å². The van der Waals surface area contributed by atoms with Gasteiger partial charge in [0.15, 0.2) is 9.84 Å². The summed E-state index contributed by atoms with van der Waals surface area (Å²) >= 11 is 0. The van der Waals surface area contributed by atoms with Crippen LogP contribution in [0.5, 0.6) is 0 Å². The number of nitrogens with two attached hydrogens (primary N) is 1. The summed E-state index contributed by atoms with van der Waals surface area (Å²) in [7, 11) is -3.14. The highest BCUT2D eigenvalue weighted by Gasteiger charge is 2.36. The van der Waals surface area contributed by atoms with Crippen LogP contribution < -0.4 is 10.6 Å². The van der Waals surface area contributed by atoms with Gasteiger partial charge < -0.3 is 10.6 Å². The SMILES string of the molecule is Nc1ccc(C(F)(F)F)c(N2CCS(=O)(=O)CC2)c1. The van der Waals surface area contributed by atoms with Gasteiger partial charge in [-0.25, -0.2) is 8.42 Å². The van der Waals surface area contributed by atoms with Crippen LogP contribution in [0.25, 0.3) is 0 Å². The monoisotopic (exact) mass is 294 g/mol. The van der Waals surface area contributed by atoms with Crippen LogP contribution in [-0.2, 0) is 16.0 Å². The fourth-order valence-electron chi connectivity index (χ4n) is 2.00. The molecule has 1 aromatic rings. The van der Waals surface area contributed by atoms with Gasteiger partial charge in [-0.15, -0.1) is 0 Å². The van der Waals surface area contributed by atoms with Crippen LogP contribution in [0.2, 0.25) is 0 Å². The normalized spacial score (nSPS) is 19.4. The van der Waals surface area contributed by atoms with E-state index in [2.05, 4.69) is 0 Å². The lowest BCUT2D eigenvalue weighted by molar-refractivity contribution is -0.137. The summed E-state index contributed by atoms with van der Waals surface area (Å²) in [5, 5.41) is 0. The van der Waals surface area contributed by atoms with E-state index < -0.39 is 21.6 Å². The highest BCUT2D eigenvalue weighted by Crippen LogP contribution is 2.38. The largest absolute Gasteiger partial charge is 0.418 e. The molecule has 1 heterocycles. The zero-order valence-electron chi connectivity index (χ0n) is 9.94. The molecule has 4 nitrogen and oxygen atoms in total. The van der Waals surface area contributed by atoms with E-state index in [-0.39, 0.29) is 36.0 Å². The van der Waals surface area contributed by atoms with E-state index in [1.54, 1.807) is 0 Å². The smallest absolute Gasteiger partial charge is 0.399 e. The third-order valence-electron chi connectivity index (χ3n) is 3.01. The Hall–Kier alpha value is -1.44. The maximum atomic E-state index is 12.9. The van der Waals surface area contributed by atoms with E-state index in [0.717, 1.165) is 6.07 Å². The summed E-state index contributed by atoms with van der Waals surface area (Å²) in [5.41, 5.74) is 4.89. The zero-order chi connectivity index (χ0) is 14.3. The Morgan fingerprint density at radius 1 is 1.16 bits per heavy atom. The van der Waals surface area contributed by atoms with Gasteiger partial charge in [-0.05, 0) is 18.2 Å². The molecule has 1 aliphatic rings.